The predicted octanol–water partition coefficient (Wildman–Crippen LogP) is 1.31. The van der Waals surface area contributed by atoms with Gasteiger partial charge in [-0.05, 0) is 19.3 Å². The van der Waals surface area contributed by atoms with Gasteiger partial charge >= 0.3 is 0 Å². The minimum atomic E-state index is -0.0116. The molecule has 0 fully saturated rings. The van der Waals surface area contributed by atoms with Crippen molar-refractivity contribution < 1.29 is 9.53 Å². The summed E-state index contributed by atoms with van der Waals surface area (Å²) in [6, 6.07) is 0. The highest BCUT2D eigenvalue weighted by Gasteiger charge is 2.03. The highest BCUT2D eigenvalue weighted by Crippen LogP contribution is 1.92. The minimum absolute atomic E-state index is 0. The highest BCUT2D eigenvalue weighted by molar-refractivity contribution is 14.0. The second-order valence-corrected chi connectivity index (χ2v) is 5.23. The minimum Gasteiger partial charge on any atom is -0.381 e. The van der Waals surface area contributed by atoms with E-state index in [4.69, 9.17) is 4.74 Å². The molecule has 0 bridgehead atoms. The number of nitrogens with zero attached hydrogens (tertiary/aromatic N) is 2. The zero-order valence-corrected chi connectivity index (χ0v) is 16.3. The van der Waals surface area contributed by atoms with Gasteiger partial charge in [-0.25, -0.2) is 4.99 Å². The van der Waals surface area contributed by atoms with E-state index in [1.807, 2.05) is 6.92 Å². The number of ether oxygens (including phenoxy) is 1. The quantitative estimate of drug-likeness (QED) is 0.259. The second kappa shape index (κ2) is 14.4. The van der Waals surface area contributed by atoms with Gasteiger partial charge in [-0.3, -0.25) is 4.79 Å². The molecule has 0 spiro atoms. The van der Waals surface area contributed by atoms with Gasteiger partial charge in [-0.1, -0.05) is 13.8 Å². The molecule has 0 aliphatic rings. The Bertz CT molecular complexity index is 297. The average Bonchev–Trinajstić information content (AvgIpc) is 2.38. The monoisotopic (exact) mass is 414 g/mol. The third-order valence-corrected chi connectivity index (χ3v) is 2.42. The van der Waals surface area contributed by atoms with Gasteiger partial charge in [0, 0.05) is 40.4 Å². The van der Waals surface area contributed by atoms with Gasteiger partial charge in [0.15, 0.2) is 5.96 Å². The van der Waals surface area contributed by atoms with E-state index in [9.17, 15) is 4.79 Å². The molecule has 6 nitrogen and oxygen atoms in total. The summed E-state index contributed by atoms with van der Waals surface area (Å²) >= 11 is 0. The number of rotatable bonds is 9. The number of likely N-dealkylation sites (N-methyl/N-ethyl adjacent to an activating group) is 1. The summed E-state index contributed by atoms with van der Waals surface area (Å²) in [5, 5.41) is 6.30. The van der Waals surface area contributed by atoms with E-state index >= 15 is 0 Å². The van der Waals surface area contributed by atoms with Crippen molar-refractivity contribution in [1.82, 2.24) is 15.5 Å². The Morgan fingerprint density at radius 1 is 1.29 bits per heavy atom. The van der Waals surface area contributed by atoms with Crippen molar-refractivity contribution in [3.05, 3.63) is 0 Å². The number of hydrogen-bond acceptors (Lipinski definition) is 3. The van der Waals surface area contributed by atoms with Crippen LogP contribution >= 0.6 is 24.0 Å². The first-order valence-corrected chi connectivity index (χ1v) is 7.27. The molecular formula is C14H31IN4O2. The van der Waals surface area contributed by atoms with Crippen LogP contribution in [0.3, 0.4) is 0 Å². The van der Waals surface area contributed by atoms with E-state index in [1.54, 1.807) is 14.1 Å². The van der Waals surface area contributed by atoms with E-state index in [2.05, 4.69) is 29.5 Å². The van der Waals surface area contributed by atoms with E-state index in [0.717, 1.165) is 32.7 Å². The van der Waals surface area contributed by atoms with Gasteiger partial charge in [0.1, 0.15) is 6.54 Å². The molecule has 0 radical (unpaired) electrons. The molecule has 0 aromatic carbocycles. The predicted molar refractivity (Wildman–Crippen MR) is 98.4 cm³/mol. The van der Waals surface area contributed by atoms with Crippen molar-refractivity contribution in [1.29, 1.82) is 0 Å². The first-order chi connectivity index (χ1) is 9.47. The van der Waals surface area contributed by atoms with E-state index in [1.165, 1.54) is 4.90 Å². The van der Waals surface area contributed by atoms with Crippen molar-refractivity contribution in [2.75, 3.05) is 46.9 Å². The fourth-order valence-corrected chi connectivity index (χ4v) is 1.33. The van der Waals surface area contributed by atoms with Crippen LogP contribution in [0.15, 0.2) is 4.99 Å². The number of halogens is 1. The van der Waals surface area contributed by atoms with Crippen LogP contribution < -0.4 is 10.6 Å². The number of guanidine groups is 1. The van der Waals surface area contributed by atoms with Gasteiger partial charge in [-0.15, -0.1) is 24.0 Å². The third-order valence-electron chi connectivity index (χ3n) is 2.42. The molecule has 0 heterocycles. The van der Waals surface area contributed by atoms with E-state index in [0.29, 0.717) is 11.9 Å². The number of carbonyl (C=O) groups is 1. The highest BCUT2D eigenvalue weighted by atomic mass is 127. The molecule has 0 unspecified atom stereocenters. The Labute approximate surface area is 146 Å². The number of hydrogen-bond donors (Lipinski definition) is 2. The van der Waals surface area contributed by atoms with Gasteiger partial charge < -0.3 is 20.3 Å². The third kappa shape index (κ3) is 14.1. The summed E-state index contributed by atoms with van der Waals surface area (Å²) in [6.45, 7) is 9.51. The molecule has 7 heteroatoms. The fourth-order valence-electron chi connectivity index (χ4n) is 1.33. The average molecular weight is 414 g/mol. The zero-order valence-electron chi connectivity index (χ0n) is 13.9. The molecule has 126 valence electrons. The molecule has 21 heavy (non-hydrogen) atoms. The topological polar surface area (TPSA) is 66.0 Å². The summed E-state index contributed by atoms with van der Waals surface area (Å²) in [6.07, 6.45) is 0.915. The van der Waals surface area contributed by atoms with Crippen LogP contribution in [0.5, 0.6) is 0 Å². The van der Waals surface area contributed by atoms with Crippen molar-refractivity contribution in [2.45, 2.75) is 27.2 Å². The van der Waals surface area contributed by atoms with Gasteiger partial charge in [0.25, 0.3) is 0 Å². The Hall–Kier alpha value is -0.570. The lowest BCUT2D eigenvalue weighted by Gasteiger charge is -2.13. The zero-order chi connectivity index (χ0) is 15.4. The molecule has 0 aliphatic carbocycles. The lowest BCUT2D eigenvalue weighted by atomic mass is 10.2. The molecule has 0 aromatic heterocycles. The maximum absolute atomic E-state index is 11.5. The molecule has 0 aromatic rings. The van der Waals surface area contributed by atoms with Crippen molar-refractivity contribution in [2.24, 2.45) is 10.9 Å². The summed E-state index contributed by atoms with van der Waals surface area (Å²) in [5.74, 6) is 1.23. The smallest absolute Gasteiger partial charge is 0.243 e. The molecule has 0 aliphatic heterocycles. The molecular weight excluding hydrogens is 383 g/mol. The SMILES string of the molecule is CCNC(=NCC(=O)N(C)C)NCCCOCC(C)C.I. The standard InChI is InChI=1S/C14H30N4O2.HI/c1-6-15-14(17-10-13(19)18(4)5)16-8-7-9-20-11-12(2)3;/h12H,6-11H2,1-5H3,(H2,15,16,17);1H. The van der Waals surface area contributed by atoms with Crippen molar-refractivity contribution >= 4 is 35.8 Å². The van der Waals surface area contributed by atoms with Gasteiger partial charge in [0.2, 0.25) is 5.91 Å². The largest absolute Gasteiger partial charge is 0.381 e. The Balaban J connectivity index is 0. The molecule has 0 saturated heterocycles. The van der Waals surface area contributed by atoms with Crippen molar-refractivity contribution in [3.8, 4) is 0 Å². The van der Waals surface area contributed by atoms with E-state index < -0.39 is 0 Å². The normalized spacial score (nSPS) is 11.0. The van der Waals surface area contributed by atoms with Crippen LogP contribution in [0.4, 0.5) is 0 Å². The van der Waals surface area contributed by atoms with Crippen LogP contribution in [-0.4, -0.2) is 63.7 Å². The van der Waals surface area contributed by atoms with Crippen LogP contribution in [0, 0.1) is 5.92 Å². The lowest BCUT2D eigenvalue weighted by molar-refractivity contribution is -0.127. The maximum Gasteiger partial charge on any atom is 0.243 e. The van der Waals surface area contributed by atoms with Crippen LogP contribution in [0.2, 0.25) is 0 Å². The van der Waals surface area contributed by atoms with Crippen LogP contribution in [0.1, 0.15) is 27.2 Å². The Morgan fingerprint density at radius 2 is 1.95 bits per heavy atom. The Kier molecular flexibility index (Phi) is 15.5. The molecule has 0 saturated carbocycles. The number of nitrogens with one attached hydrogen (secondary N) is 2. The summed E-state index contributed by atoms with van der Waals surface area (Å²) < 4.78 is 5.51. The maximum atomic E-state index is 11.5. The van der Waals surface area contributed by atoms with Gasteiger partial charge in [-0.2, -0.15) is 0 Å². The lowest BCUT2D eigenvalue weighted by Crippen LogP contribution is -2.39. The Morgan fingerprint density at radius 3 is 2.48 bits per heavy atom. The second-order valence-electron chi connectivity index (χ2n) is 5.23. The molecule has 0 rings (SSSR count). The first-order valence-electron chi connectivity index (χ1n) is 7.27. The number of carbonyl (C=O) groups excluding carboxylic acids is 1. The number of aliphatic imine (C=N–C) groups is 1. The van der Waals surface area contributed by atoms with Gasteiger partial charge in [0.05, 0.1) is 0 Å². The molecule has 1 amide bonds. The van der Waals surface area contributed by atoms with Crippen LogP contribution in [0.25, 0.3) is 0 Å². The fraction of sp³-hybridized carbons (Fsp3) is 0.857. The van der Waals surface area contributed by atoms with E-state index in [-0.39, 0.29) is 36.4 Å². The summed E-state index contributed by atoms with van der Waals surface area (Å²) in [5.41, 5.74) is 0. The molecule has 2 N–H and O–H groups in total. The van der Waals surface area contributed by atoms with Crippen LogP contribution in [-0.2, 0) is 9.53 Å². The molecule has 0 atom stereocenters. The summed E-state index contributed by atoms with van der Waals surface area (Å²) in [4.78, 5) is 17.3. The number of amides is 1. The summed E-state index contributed by atoms with van der Waals surface area (Å²) in [7, 11) is 3.45. The van der Waals surface area contributed by atoms with Crippen molar-refractivity contribution in [3.63, 3.8) is 0 Å². The first kappa shape index (κ1) is 22.7.